The summed E-state index contributed by atoms with van der Waals surface area (Å²) in [7, 11) is 1.49. The Hall–Kier alpha value is -1.73. The molecule has 84 valence electrons. The van der Waals surface area contributed by atoms with Gasteiger partial charge < -0.3 is 15.2 Å². The van der Waals surface area contributed by atoms with E-state index in [9.17, 15) is 5.11 Å². The predicted molar refractivity (Wildman–Crippen MR) is 59.6 cm³/mol. The summed E-state index contributed by atoms with van der Waals surface area (Å²) in [5, 5.41) is 22.1. The lowest BCUT2D eigenvalue weighted by atomic mass is 9.95. The average molecular weight is 218 g/mol. The number of phenols is 1. The van der Waals surface area contributed by atoms with Gasteiger partial charge in [0.25, 0.3) is 0 Å². The molecule has 0 aromatic heterocycles. The van der Waals surface area contributed by atoms with Gasteiger partial charge in [-0.1, -0.05) is 0 Å². The molecule has 0 radical (unpaired) electrons. The maximum Gasteiger partial charge on any atom is 0.140 e. The molecule has 1 saturated heterocycles. The summed E-state index contributed by atoms with van der Waals surface area (Å²) in [6, 6.07) is 5.33. The van der Waals surface area contributed by atoms with Crippen molar-refractivity contribution in [2.75, 3.05) is 20.2 Å². The lowest BCUT2D eigenvalue weighted by Crippen LogP contribution is -2.08. The molecule has 4 heteroatoms. The molecular formula is C12H14N2O2. The Kier molecular flexibility index (Phi) is 2.97. The van der Waals surface area contributed by atoms with Crippen LogP contribution in [0.1, 0.15) is 23.5 Å². The van der Waals surface area contributed by atoms with E-state index < -0.39 is 0 Å². The van der Waals surface area contributed by atoms with Gasteiger partial charge in [-0.05, 0) is 24.6 Å². The van der Waals surface area contributed by atoms with Crippen LogP contribution in [-0.4, -0.2) is 25.3 Å². The summed E-state index contributed by atoms with van der Waals surface area (Å²) in [6.07, 6.45) is 0.991. The second-order valence-electron chi connectivity index (χ2n) is 3.91. The smallest absolute Gasteiger partial charge is 0.140 e. The molecule has 1 aromatic rings. The number of nitrogens with one attached hydrogen (secondary N) is 1. The van der Waals surface area contributed by atoms with Crippen molar-refractivity contribution in [3.05, 3.63) is 23.3 Å². The second kappa shape index (κ2) is 4.42. The molecule has 1 atom stereocenters. The van der Waals surface area contributed by atoms with Crippen LogP contribution in [0, 0.1) is 11.3 Å². The van der Waals surface area contributed by atoms with Gasteiger partial charge in [0.15, 0.2) is 0 Å². The normalized spacial score (nSPS) is 19.4. The second-order valence-corrected chi connectivity index (χ2v) is 3.91. The number of methoxy groups -OCH3 is 1. The number of benzene rings is 1. The van der Waals surface area contributed by atoms with Crippen LogP contribution in [0.25, 0.3) is 0 Å². The lowest BCUT2D eigenvalue weighted by Gasteiger charge is -2.13. The topological polar surface area (TPSA) is 65.3 Å². The molecule has 1 aliphatic heterocycles. The number of ether oxygens (including phenoxy) is 1. The minimum absolute atomic E-state index is 0.213. The molecule has 2 rings (SSSR count). The molecule has 0 amide bonds. The maximum absolute atomic E-state index is 9.89. The molecule has 1 aliphatic rings. The third-order valence-electron chi connectivity index (χ3n) is 2.97. The summed E-state index contributed by atoms with van der Waals surface area (Å²) < 4.78 is 5.04. The van der Waals surface area contributed by atoms with Gasteiger partial charge in [0.05, 0.1) is 12.7 Å². The number of hydrogen-bond donors (Lipinski definition) is 2. The maximum atomic E-state index is 9.89. The first-order valence-electron chi connectivity index (χ1n) is 5.28. The lowest BCUT2D eigenvalue weighted by molar-refractivity contribution is 0.404. The molecule has 2 N–H and O–H groups in total. The first-order chi connectivity index (χ1) is 7.76. The van der Waals surface area contributed by atoms with Crippen molar-refractivity contribution >= 4 is 0 Å². The number of aromatic hydroxyl groups is 1. The highest BCUT2D eigenvalue weighted by Crippen LogP contribution is 2.35. The zero-order chi connectivity index (χ0) is 11.5. The van der Waals surface area contributed by atoms with Crippen LogP contribution in [0.3, 0.4) is 0 Å². The number of nitriles is 1. The number of nitrogens with zero attached hydrogens (tertiary/aromatic N) is 1. The molecule has 1 fully saturated rings. The minimum atomic E-state index is 0.213. The minimum Gasteiger partial charge on any atom is -0.508 e. The molecule has 4 nitrogen and oxygen atoms in total. The van der Waals surface area contributed by atoms with Gasteiger partial charge in [-0.3, -0.25) is 0 Å². The van der Waals surface area contributed by atoms with Crippen molar-refractivity contribution in [3.63, 3.8) is 0 Å². The molecule has 0 spiro atoms. The fourth-order valence-corrected chi connectivity index (χ4v) is 2.09. The van der Waals surface area contributed by atoms with E-state index in [-0.39, 0.29) is 11.7 Å². The van der Waals surface area contributed by atoms with E-state index in [1.165, 1.54) is 13.2 Å². The predicted octanol–water partition coefficient (Wildman–Crippen LogP) is 1.35. The quantitative estimate of drug-likeness (QED) is 0.786. The Bertz CT molecular complexity index is 431. The van der Waals surface area contributed by atoms with Crippen LogP contribution >= 0.6 is 0 Å². The van der Waals surface area contributed by atoms with E-state index in [4.69, 9.17) is 10.00 Å². The fourth-order valence-electron chi connectivity index (χ4n) is 2.09. The van der Waals surface area contributed by atoms with Gasteiger partial charge in [0.1, 0.15) is 17.6 Å². The van der Waals surface area contributed by atoms with E-state index >= 15 is 0 Å². The SMILES string of the molecule is COc1cc(O)c(C2CCNC2)cc1C#N. The third-order valence-corrected chi connectivity index (χ3v) is 2.97. The highest BCUT2D eigenvalue weighted by molar-refractivity contribution is 5.52. The third kappa shape index (κ3) is 1.82. The van der Waals surface area contributed by atoms with Crippen LogP contribution in [-0.2, 0) is 0 Å². The molecular weight excluding hydrogens is 204 g/mol. The standard InChI is InChI=1S/C12H14N2O2/c1-16-12-5-11(15)10(4-9(12)6-13)8-2-3-14-7-8/h4-5,8,14-15H,2-3,7H2,1H3. The summed E-state index contributed by atoms with van der Waals surface area (Å²) >= 11 is 0. The number of rotatable bonds is 2. The Labute approximate surface area is 94.5 Å². The van der Waals surface area contributed by atoms with Crippen molar-refractivity contribution in [2.24, 2.45) is 0 Å². The van der Waals surface area contributed by atoms with Crippen LogP contribution in [0.2, 0.25) is 0 Å². The summed E-state index contributed by atoms with van der Waals surface area (Å²) in [5.74, 6) is 0.928. The van der Waals surface area contributed by atoms with Crippen LogP contribution in [0.4, 0.5) is 0 Å². The van der Waals surface area contributed by atoms with Crippen molar-refractivity contribution < 1.29 is 9.84 Å². The Morgan fingerprint density at radius 3 is 2.94 bits per heavy atom. The van der Waals surface area contributed by atoms with E-state index in [1.54, 1.807) is 6.07 Å². The van der Waals surface area contributed by atoms with Crippen LogP contribution < -0.4 is 10.1 Å². The van der Waals surface area contributed by atoms with Gasteiger partial charge >= 0.3 is 0 Å². The molecule has 16 heavy (non-hydrogen) atoms. The molecule has 1 heterocycles. The van der Waals surface area contributed by atoms with Gasteiger partial charge in [0.2, 0.25) is 0 Å². The molecule has 1 aromatic carbocycles. The van der Waals surface area contributed by atoms with Gasteiger partial charge in [-0.25, -0.2) is 0 Å². The Balaban J connectivity index is 2.42. The van der Waals surface area contributed by atoms with Crippen LogP contribution in [0.5, 0.6) is 11.5 Å². The number of phenolic OH excluding ortho intramolecular Hbond substituents is 1. The average Bonchev–Trinajstić information content (AvgIpc) is 2.82. The monoisotopic (exact) mass is 218 g/mol. The van der Waals surface area contributed by atoms with Gasteiger partial charge in [-0.15, -0.1) is 0 Å². The van der Waals surface area contributed by atoms with Crippen molar-refractivity contribution in [2.45, 2.75) is 12.3 Å². The van der Waals surface area contributed by atoms with Gasteiger partial charge in [0, 0.05) is 18.5 Å². The molecule has 0 bridgehead atoms. The van der Waals surface area contributed by atoms with Crippen molar-refractivity contribution in [1.29, 1.82) is 5.26 Å². The molecule has 0 saturated carbocycles. The van der Waals surface area contributed by atoms with Gasteiger partial charge in [-0.2, -0.15) is 5.26 Å². The van der Waals surface area contributed by atoms with E-state index in [1.807, 2.05) is 0 Å². The van der Waals surface area contributed by atoms with E-state index in [0.29, 0.717) is 11.3 Å². The van der Waals surface area contributed by atoms with E-state index in [0.717, 1.165) is 25.1 Å². The first-order valence-corrected chi connectivity index (χ1v) is 5.28. The Morgan fingerprint density at radius 1 is 1.56 bits per heavy atom. The highest BCUT2D eigenvalue weighted by atomic mass is 16.5. The zero-order valence-electron chi connectivity index (χ0n) is 9.16. The summed E-state index contributed by atoms with van der Waals surface area (Å²) in [4.78, 5) is 0. The van der Waals surface area contributed by atoms with Crippen LogP contribution in [0.15, 0.2) is 12.1 Å². The largest absolute Gasteiger partial charge is 0.508 e. The molecule has 0 aliphatic carbocycles. The highest BCUT2D eigenvalue weighted by Gasteiger charge is 2.21. The van der Waals surface area contributed by atoms with E-state index in [2.05, 4.69) is 11.4 Å². The summed E-state index contributed by atoms with van der Waals surface area (Å²) in [6.45, 7) is 1.81. The zero-order valence-corrected chi connectivity index (χ0v) is 9.16. The van der Waals surface area contributed by atoms with Crippen molar-refractivity contribution in [1.82, 2.24) is 5.32 Å². The number of hydrogen-bond acceptors (Lipinski definition) is 4. The summed E-state index contributed by atoms with van der Waals surface area (Å²) in [5.41, 5.74) is 1.31. The fraction of sp³-hybridized carbons (Fsp3) is 0.417. The Morgan fingerprint density at radius 2 is 2.38 bits per heavy atom. The molecule has 1 unspecified atom stereocenters. The first kappa shape index (κ1) is 10.8. The van der Waals surface area contributed by atoms with Crippen molar-refractivity contribution in [3.8, 4) is 17.6 Å².